The summed E-state index contributed by atoms with van der Waals surface area (Å²) in [5.41, 5.74) is 0. The predicted octanol–water partition coefficient (Wildman–Crippen LogP) is 2.52. The molecule has 0 saturated carbocycles. The molecular weight excluding hydrogens is 236 g/mol. The molecule has 0 aromatic heterocycles. The van der Waals surface area contributed by atoms with Gasteiger partial charge >= 0.3 is 0 Å². The lowest BCUT2D eigenvalue weighted by Crippen LogP contribution is -2.79. The van der Waals surface area contributed by atoms with E-state index >= 15 is 0 Å². The van der Waals surface area contributed by atoms with Gasteiger partial charge < -0.3 is 9.59 Å². The van der Waals surface area contributed by atoms with E-state index < -0.39 is 22.3 Å². The van der Waals surface area contributed by atoms with E-state index in [0.29, 0.717) is 0 Å². The first-order valence-corrected chi connectivity index (χ1v) is 16.4. The molecule has 0 aromatic carbocycles. The van der Waals surface area contributed by atoms with Crippen molar-refractivity contribution in [2.45, 2.75) is 53.1 Å². The van der Waals surface area contributed by atoms with E-state index in [2.05, 4.69) is 39.3 Å². The van der Waals surface area contributed by atoms with Crippen LogP contribution in [0.4, 0.5) is 0 Å². The summed E-state index contributed by atoms with van der Waals surface area (Å²) in [5, 5.41) is 0.460. The fourth-order valence-electron chi connectivity index (χ4n) is 3.49. The number of rotatable bonds is 4. The third-order valence-electron chi connectivity index (χ3n) is 3.31. The van der Waals surface area contributed by atoms with Crippen LogP contribution < -0.4 is 0 Å². The van der Waals surface area contributed by atoms with Gasteiger partial charge in [-0.1, -0.05) is 39.3 Å². The van der Waals surface area contributed by atoms with Gasteiger partial charge in [0.1, 0.15) is 10.8 Å². The number of hydrogen-bond acceptors (Lipinski definition) is 2. The molecule has 0 fully saturated rings. The first kappa shape index (κ1) is 15.0. The van der Waals surface area contributed by atoms with Crippen molar-refractivity contribution in [1.82, 2.24) is 0 Å². The van der Waals surface area contributed by atoms with Gasteiger partial charge in [0.15, 0.2) is 7.11 Å². The van der Waals surface area contributed by atoms with E-state index in [4.69, 9.17) is 0 Å². The molecule has 0 heterocycles. The van der Waals surface area contributed by atoms with Crippen LogP contribution in [0.3, 0.4) is 0 Å². The van der Waals surface area contributed by atoms with Crippen LogP contribution in [-0.4, -0.2) is 33.1 Å². The minimum absolute atomic E-state index is 0.230. The van der Waals surface area contributed by atoms with Crippen molar-refractivity contribution < 1.29 is 9.59 Å². The Morgan fingerprint density at radius 1 is 0.667 bits per heavy atom. The summed E-state index contributed by atoms with van der Waals surface area (Å²) < 4.78 is 0. The van der Waals surface area contributed by atoms with E-state index in [0.717, 1.165) is 0 Å². The van der Waals surface area contributed by atoms with E-state index in [1.807, 2.05) is 0 Å². The molecule has 0 bridgehead atoms. The van der Waals surface area contributed by atoms with Gasteiger partial charge in [0.25, 0.3) is 0 Å². The molecule has 0 rings (SSSR count). The van der Waals surface area contributed by atoms with Crippen molar-refractivity contribution in [2.75, 3.05) is 0 Å². The van der Waals surface area contributed by atoms with Crippen LogP contribution >= 0.6 is 0 Å². The average molecular weight is 261 g/mol. The summed E-state index contributed by atoms with van der Waals surface area (Å²) in [4.78, 5) is 24.2. The number of carbonyl (C=O) groups is 2. The molecular formula is C10H24O2Si3. The van der Waals surface area contributed by atoms with Crippen LogP contribution in [0.5, 0.6) is 0 Å². The number of hydrogen-bond donors (Lipinski definition) is 0. The molecule has 2 nitrogen and oxygen atoms in total. The van der Waals surface area contributed by atoms with E-state index in [-0.39, 0.29) is 10.8 Å². The standard InChI is InChI=1S/C10H24O2Si3/c1-9(11)15(10(2)12,13(3,4)5)14(6,7)8/h1-8H3. The third-order valence-corrected chi connectivity index (χ3v) is 41.1. The van der Waals surface area contributed by atoms with Gasteiger partial charge in [-0.05, 0) is 13.8 Å². The quantitative estimate of drug-likeness (QED) is 0.728. The SMILES string of the molecule is CC(=O)[Si](C(C)=O)([Si](C)(C)C)[Si](C)(C)C. The topological polar surface area (TPSA) is 34.1 Å². The van der Waals surface area contributed by atoms with Crippen LogP contribution in [0.15, 0.2) is 0 Å². The van der Waals surface area contributed by atoms with Crippen molar-refractivity contribution >= 4 is 33.1 Å². The summed E-state index contributed by atoms with van der Waals surface area (Å²) in [6, 6.07) is 0. The van der Waals surface area contributed by atoms with Crippen LogP contribution in [0.2, 0.25) is 39.3 Å². The highest BCUT2D eigenvalue weighted by Crippen LogP contribution is 2.30. The summed E-state index contributed by atoms with van der Waals surface area (Å²) >= 11 is 0. The zero-order chi connectivity index (χ0) is 12.7. The monoisotopic (exact) mass is 260 g/mol. The van der Waals surface area contributed by atoms with Crippen molar-refractivity contribution in [1.29, 1.82) is 0 Å². The minimum atomic E-state index is -2.35. The second-order valence-electron chi connectivity index (χ2n) is 6.36. The molecule has 0 aliphatic carbocycles. The zero-order valence-corrected chi connectivity index (χ0v) is 14.3. The Hall–Kier alpha value is -0.00935. The fraction of sp³-hybridized carbons (Fsp3) is 0.800. The maximum Gasteiger partial charge on any atom is 0.189 e. The first-order valence-electron chi connectivity index (χ1n) is 5.41. The fourth-order valence-corrected chi connectivity index (χ4v) is 50.1. The molecule has 0 radical (unpaired) electrons. The Kier molecular flexibility index (Phi) is 4.10. The lowest BCUT2D eigenvalue weighted by Gasteiger charge is -2.45. The van der Waals surface area contributed by atoms with Crippen molar-refractivity contribution in [3.05, 3.63) is 0 Å². The Balaban J connectivity index is 5.97. The molecule has 0 unspecified atom stereocenters. The molecule has 88 valence electrons. The van der Waals surface area contributed by atoms with Gasteiger partial charge in [-0.3, -0.25) is 0 Å². The highest BCUT2D eigenvalue weighted by molar-refractivity contribution is 7.85. The smallest absolute Gasteiger partial charge is 0.189 e. The lowest BCUT2D eigenvalue weighted by atomic mass is 10.9. The third kappa shape index (κ3) is 2.24. The highest BCUT2D eigenvalue weighted by Gasteiger charge is 2.62. The average Bonchev–Trinajstić information content (AvgIpc) is 1.75. The Morgan fingerprint density at radius 2 is 0.867 bits per heavy atom. The van der Waals surface area contributed by atoms with E-state index in [1.54, 1.807) is 13.8 Å². The number of carbonyl (C=O) groups excluding carboxylic acids is 2. The lowest BCUT2D eigenvalue weighted by molar-refractivity contribution is -0.113. The Morgan fingerprint density at radius 3 is 0.867 bits per heavy atom. The molecule has 0 aromatic rings. The second-order valence-corrected chi connectivity index (χ2v) is 33.3. The van der Waals surface area contributed by atoms with E-state index in [9.17, 15) is 9.59 Å². The molecule has 0 aliphatic heterocycles. The maximum atomic E-state index is 12.1. The first-order chi connectivity index (χ1) is 6.39. The van der Waals surface area contributed by atoms with Crippen molar-refractivity contribution in [3.63, 3.8) is 0 Å². The maximum absolute atomic E-state index is 12.1. The molecule has 0 N–H and O–H groups in total. The Labute approximate surface area is 96.1 Å². The van der Waals surface area contributed by atoms with E-state index in [1.165, 1.54) is 0 Å². The van der Waals surface area contributed by atoms with Crippen LogP contribution in [0.25, 0.3) is 0 Å². The molecule has 15 heavy (non-hydrogen) atoms. The second kappa shape index (κ2) is 4.10. The van der Waals surface area contributed by atoms with Gasteiger partial charge in [-0.15, -0.1) is 0 Å². The molecule has 0 amide bonds. The van der Waals surface area contributed by atoms with Crippen molar-refractivity contribution in [3.8, 4) is 0 Å². The molecule has 5 heteroatoms. The van der Waals surface area contributed by atoms with Gasteiger partial charge in [0.2, 0.25) is 0 Å². The zero-order valence-electron chi connectivity index (χ0n) is 11.3. The van der Waals surface area contributed by atoms with Gasteiger partial charge in [0, 0.05) is 0 Å². The van der Waals surface area contributed by atoms with Gasteiger partial charge in [-0.25, -0.2) is 0 Å². The molecule has 0 atom stereocenters. The highest BCUT2D eigenvalue weighted by atomic mass is 29.6. The normalized spacial score (nSPS) is 13.9. The van der Waals surface area contributed by atoms with Crippen molar-refractivity contribution in [2.24, 2.45) is 0 Å². The largest absolute Gasteiger partial charge is 0.306 e. The van der Waals surface area contributed by atoms with Crippen LogP contribution in [-0.2, 0) is 9.59 Å². The summed E-state index contributed by atoms with van der Waals surface area (Å²) in [6.45, 7) is 16.5. The minimum Gasteiger partial charge on any atom is -0.306 e. The molecule has 0 saturated heterocycles. The predicted molar refractivity (Wildman–Crippen MR) is 73.8 cm³/mol. The van der Waals surface area contributed by atoms with Crippen LogP contribution in [0, 0.1) is 0 Å². The van der Waals surface area contributed by atoms with Gasteiger partial charge in [0.05, 0.1) is 15.2 Å². The molecule has 0 aliphatic rings. The summed E-state index contributed by atoms with van der Waals surface area (Å²) in [5.74, 6) is 0. The van der Waals surface area contributed by atoms with Crippen LogP contribution in [0.1, 0.15) is 13.8 Å². The summed E-state index contributed by atoms with van der Waals surface area (Å²) in [6.07, 6.45) is 0. The molecule has 0 spiro atoms. The van der Waals surface area contributed by atoms with Gasteiger partial charge in [-0.2, -0.15) is 0 Å². The Bertz CT molecular complexity index is 254. The summed E-state index contributed by atoms with van der Waals surface area (Å²) in [7, 11) is -5.75.